The summed E-state index contributed by atoms with van der Waals surface area (Å²) < 4.78 is 5.04. The van der Waals surface area contributed by atoms with Crippen molar-refractivity contribution in [2.24, 2.45) is 0 Å². The molecule has 0 fully saturated rings. The number of hydrogen-bond donors (Lipinski definition) is 2. The fourth-order valence-corrected chi connectivity index (χ4v) is 1.52. The second kappa shape index (κ2) is 6.37. The van der Waals surface area contributed by atoms with E-state index in [-0.39, 0.29) is 6.10 Å². The molecular weight excluding hydrogens is 218 g/mol. The van der Waals surface area contributed by atoms with E-state index in [1.807, 2.05) is 31.2 Å². The van der Waals surface area contributed by atoms with Gasteiger partial charge in [0.25, 0.3) is 0 Å². The van der Waals surface area contributed by atoms with Gasteiger partial charge in [-0.25, -0.2) is 0 Å². The van der Waals surface area contributed by atoms with Gasteiger partial charge < -0.3 is 9.84 Å². The van der Waals surface area contributed by atoms with Gasteiger partial charge in [-0.1, -0.05) is 29.8 Å². The second-order valence-electron chi connectivity index (χ2n) is 4.12. The van der Waals surface area contributed by atoms with E-state index in [4.69, 9.17) is 9.84 Å². The van der Waals surface area contributed by atoms with Crippen molar-refractivity contribution in [2.75, 3.05) is 7.11 Å². The van der Waals surface area contributed by atoms with Gasteiger partial charge in [-0.3, -0.25) is 10.1 Å². The normalized spacial score (nSPS) is 14.3. The number of aliphatic carboxylic acids is 1. The van der Waals surface area contributed by atoms with E-state index in [1.54, 1.807) is 6.92 Å². The zero-order chi connectivity index (χ0) is 12.8. The smallest absolute Gasteiger partial charge is 0.323 e. The summed E-state index contributed by atoms with van der Waals surface area (Å²) in [6.45, 7) is 4.27. The predicted octanol–water partition coefficient (Wildman–Crippen LogP) is 1.57. The SMILES string of the molecule is COC(C)C(NCc1ccc(C)cc1)C(=O)O. The van der Waals surface area contributed by atoms with Crippen molar-refractivity contribution in [1.82, 2.24) is 5.32 Å². The number of ether oxygens (including phenoxy) is 1. The standard InChI is InChI=1S/C13H19NO3/c1-9-4-6-11(7-5-9)8-14-12(13(15)16)10(2)17-3/h4-7,10,12,14H,8H2,1-3H3,(H,15,16). The Morgan fingerprint density at radius 1 is 1.41 bits per heavy atom. The van der Waals surface area contributed by atoms with Gasteiger partial charge in [-0.05, 0) is 19.4 Å². The molecule has 0 aliphatic heterocycles. The van der Waals surface area contributed by atoms with Crippen LogP contribution in [0.15, 0.2) is 24.3 Å². The molecule has 4 nitrogen and oxygen atoms in total. The van der Waals surface area contributed by atoms with Gasteiger partial charge in [0.15, 0.2) is 0 Å². The van der Waals surface area contributed by atoms with Crippen molar-refractivity contribution in [2.45, 2.75) is 32.5 Å². The van der Waals surface area contributed by atoms with Crippen molar-refractivity contribution in [3.05, 3.63) is 35.4 Å². The Balaban J connectivity index is 2.57. The summed E-state index contributed by atoms with van der Waals surface area (Å²) >= 11 is 0. The summed E-state index contributed by atoms with van der Waals surface area (Å²) in [7, 11) is 1.51. The minimum Gasteiger partial charge on any atom is -0.480 e. The average Bonchev–Trinajstić information content (AvgIpc) is 2.31. The molecule has 0 heterocycles. The van der Waals surface area contributed by atoms with Crippen LogP contribution in [0.3, 0.4) is 0 Å². The zero-order valence-corrected chi connectivity index (χ0v) is 10.4. The van der Waals surface area contributed by atoms with Crippen molar-refractivity contribution in [3.8, 4) is 0 Å². The number of benzene rings is 1. The number of carbonyl (C=O) groups is 1. The summed E-state index contributed by atoms with van der Waals surface area (Å²) in [4.78, 5) is 11.0. The Morgan fingerprint density at radius 2 is 2.00 bits per heavy atom. The fraction of sp³-hybridized carbons (Fsp3) is 0.462. The molecule has 0 bridgehead atoms. The van der Waals surface area contributed by atoms with Crippen molar-refractivity contribution < 1.29 is 14.6 Å². The third-order valence-corrected chi connectivity index (χ3v) is 2.75. The molecule has 94 valence electrons. The van der Waals surface area contributed by atoms with Gasteiger partial charge >= 0.3 is 5.97 Å². The van der Waals surface area contributed by atoms with Crippen LogP contribution in [0.5, 0.6) is 0 Å². The summed E-state index contributed by atoms with van der Waals surface area (Å²) in [5.41, 5.74) is 2.25. The molecule has 0 saturated heterocycles. The van der Waals surface area contributed by atoms with Crippen LogP contribution in [0, 0.1) is 6.92 Å². The number of rotatable bonds is 6. The second-order valence-corrected chi connectivity index (χ2v) is 4.12. The topological polar surface area (TPSA) is 58.6 Å². The molecule has 17 heavy (non-hydrogen) atoms. The molecule has 4 heteroatoms. The number of hydrogen-bond acceptors (Lipinski definition) is 3. The number of carboxylic acid groups (broad SMARTS) is 1. The van der Waals surface area contributed by atoms with E-state index in [2.05, 4.69) is 5.32 Å². The predicted molar refractivity (Wildman–Crippen MR) is 65.9 cm³/mol. The summed E-state index contributed by atoms with van der Waals surface area (Å²) in [6, 6.07) is 7.29. The number of carboxylic acids is 1. The highest BCUT2D eigenvalue weighted by Crippen LogP contribution is 2.05. The molecule has 0 radical (unpaired) electrons. The van der Waals surface area contributed by atoms with Crippen molar-refractivity contribution in [1.29, 1.82) is 0 Å². The van der Waals surface area contributed by atoms with E-state index in [9.17, 15) is 4.79 Å². The number of methoxy groups -OCH3 is 1. The molecule has 0 aliphatic rings. The number of nitrogens with one attached hydrogen (secondary N) is 1. The lowest BCUT2D eigenvalue weighted by Crippen LogP contribution is -2.45. The molecule has 2 N–H and O–H groups in total. The van der Waals surface area contributed by atoms with E-state index >= 15 is 0 Å². The van der Waals surface area contributed by atoms with Gasteiger partial charge in [0, 0.05) is 13.7 Å². The first-order valence-corrected chi connectivity index (χ1v) is 5.59. The maximum absolute atomic E-state index is 11.0. The maximum Gasteiger partial charge on any atom is 0.323 e. The first kappa shape index (κ1) is 13.7. The Bertz CT molecular complexity index is 361. The highest BCUT2D eigenvalue weighted by molar-refractivity contribution is 5.74. The van der Waals surface area contributed by atoms with Gasteiger partial charge in [-0.2, -0.15) is 0 Å². The first-order valence-electron chi connectivity index (χ1n) is 5.59. The molecule has 0 aliphatic carbocycles. The van der Waals surface area contributed by atoms with Crippen LogP contribution < -0.4 is 5.32 Å². The van der Waals surface area contributed by atoms with E-state index in [0.717, 1.165) is 5.56 Å². The Kier molecular flexibility index (Phi) is 5.12. The lowest BCUT2D eigenvalue weighted by molar-refractivity contribution is -0.142. The molecule has 0 amide bonds. The van der Waals surface area contributed by atoms with Gasteiger partial charge in [0.1, 0.15) is 6.04 Å². The van der Waals surface area contributed by atoms with Crippen LogP contribution in [0.1, 0.15) is 18.1 Å². The summed E-state index contributed by atoms with van der Waals surface area (Å²) in [5.74, 6) is -0.897. The van der Waals surface area contributed by atoms with Gasteiger partial charge in [0.05, 0.1) is 6.10 Å². The Labute approximate surface area is 102 Å². The molecule has 0 aromatic heterocycles. The molecular formula is C13H19NO3. The Morgan fingerprint density at radius 3 is 2.47 bits per heavy atom. The van der Waals surface area contributed by atoms with Gasteiger partial charge in [0.2, 0.25) is 0 Å². The molecule has 0 spiro atoms. The molecule has 1 aromatic carbocycles. The highest BCUT2D eigenvalue weighted by Gasteiger charge is 2.23. The maximum atomic E-state index is 11.0. The Hall–Kier alpha value is -1.39. The van der Waals surface area contributed by atoms with Crippen LogP contribution in [0.25, 0.3) is 0 Å². The summed E-state index contributed by atoms with van der Waals surface area (Å²) in [6.07, 6.45) is -0.363. The van der Waals surface area contributed by atoms with Crippen LogP contribution >= 0.6 is 0 Å². The quantitative estimate of drug-likeness (QED) is 0.788. The van der Waals surface area contributed by atoms with E-state index < -0.39 is 12.0 Å². The van der Waals surface area contributed by atoms with Gasteiger partial charge in [-0.15, -0.1) is 0 Å². The monoisotopic (exact) mass is 237 g/mol. The van der Waals surface area contributed by atoms with Crippen LogP contribution in [-0.4, -0.2) is 30.3 Å². The largest absolute Gasteiger partial charge is 0.480 e. The number of aryl methyl sites for hydroxylation is 1. The summed E-state index contributed by atoms with van der Waals surface area (Å²) in [5, 5.41) is 12.0. The molecule has 2 atom stereocenters. The zero-order valence-electron chi connectivity index (χ0n) is 10.4. The fourth-order valence-electron chi connectivity index (χ4n) is 1.52. The molecule has 0 saturated carbocycles. The first-order chi connectivity index (χ1) is 8.04. The van der Waals surface area contributed by atoms with E-state index in [1.165, 1.54) is 12.7 Å². The van der Waals surface area contributed by atoms with Crippen LogP contribution in [0.2, 0.25) is 0 Å². The third-order valence-electron chi connectivity index (χ3n) is 2.75. The molecule has 2 unspecified atom stereocenters. The van der Waals surface area contributed by atoms with Crippen LogP contribution in [-0.2, 0) is 16.1 Å². The van der Waals surface area contributed by atoms with Crippen LogP contribution in [0.4, 0.5) is 0 Å². The molecule has 1 aromatic rings. The van der Waals surface area contributed by atoms with E-state index in [0.29, 0.717) is 6.54 Å². The third kappa shape index (κ3) is 4.17. The minimum atomic E-state index is -0.897. The average molecular weight is 237 g/mol. The van der Waals surface area contributed by atoms with Crippen molar-refractivity contribution >= 4 is 5.97 Å². The minimum absolute atomic E-state index is 0.363. The van der Waals surface area contributed by atoms with Crippen molar-refractivity contribution in [3.63, 3.8) is 0 Å². The highest BCUT2D eigenvalue weighted by atomic mass is 16.5. The lowest BCUT2D eigenvalue weighted by Gasteiger charge is -2.20. The molecule has 1 rings (SSSR count). The lowest BCUT2D eigenvalue weighted by atomic mass is 10.1.